The predicted octanol–water partition coefficient (Wildman–Crippen LogP) is 2.79. The highest BCUT2D eigenvalue weighted by atomic mass is 14.8. The van der Waals surface area contributed by atoms with E-state index in [1.54, 1.807) is 0 Å². The number of rotatable bonds is 6. The molecule has 0 unspecified atom stereocenters. The molecule has 14 heavy (non-hydrogen) atoms. The van der Waals surface area contributed by atoms with Gasteiger partial charge in [0.25, 0.3) is 0 Å². The minimum Gasteiger partial charge on any atom is -0.319 e. The van der Waals surface area contributed by atoms with E-state index in [0.29, 0.717) is 0 Å². The zero-order valence-corrected chi connectivity index (χ0v) is 9.34. The minimum absolute atomic E-state index is 1.07. The van der Waals surface area contributed by atoms with Gasteiger partial charge in [-0.2, -0.15) is 0 Å². The van der Waals surface area contributed by atoms with Crippen LogP contribution in [0.5, 0.6) is 0 Å². The molecule has 0 heterocycles. The van der Waals surface area contributed by atoms with Gasteiger partial charge < -0.3 is 5.32 Å². The molecule has 0 fully saturated rings. The fourth-order valence-corrected chi connectivity index (χ4v) is 1.59. The van der Waals surface area contributed by atoms with E-state index in [-0.39, 0.29) is 0 Å². The second-order valence-corrected chi connectivity index (χ2v) is 3.78. The lowest BCUT2D eigenvalue weighted by atomic mass is 10.0. The number of hydrogen-bond donors (Lipinski definition) is 1. The monoisotopic (exact) mass is 191 g/mol. The molecular weight excluding hydrogens is 170 g/mol. The van der Waals surface area contributed by atoms with Gasteiger partial charge in [-0.05, 0) is 44.0 Å². The van der Waals surface area contributed by atoms with Crippen molar-refractivity contribution >= 4 is 0 Å². The summed E-state index contributed by atoms with van der Waals surface area (Å²) in [5.41, 5.74) is 2.94. The van der Waals surface area contributed by atoms with E-state index in [4.69, 9.17) is 0 Å². The number of likely N-dealkylation sites (N-methyl/N-ethyl adjacent to an activating group) is 1. The Morgan fingerprint density at radius 2 is 1.86 bits per heavy atom. The van der Waals surface area contributed by atoms with Gasteiger partial charge in [0.15, 0.2) is 0 Å². The summed E-state index contributed by atoms with van der Waals surface area (Å²) < 4.78 is 0. The van der Waals surface area contributed by atoms with Gasteiger partial charge in [-0.15, -0.1) is 0 Å². The largest absolute Gasteiger partial charge is 0.319 e. The van der Waals surface area contributed by atoms with Crippen molar-refractivity contribution < 1.29 is 0 Å². The average molecular weight is 191 g/mol. The van der Waals surface area contributed by atoms with Crippen LogP contribution in [0.4, 0.5) is 0 Å². The summed E-state index contributed by atoms with van der Waals surface area (Å²) in [7, 11) is 2.00. The van der Waals surface area contributed by atoms with Crippen molar-refractivity contribution in [1.82, 2.24) is 5.32 Å². The number of nitrogens with one attached hydrogen (secondary N) is 1. The van der Waals surface area contributed by atoms with Crippen molar-refractivity contribution in [3.63, 3.8) is 0 Å². The van der Waals surface area contributed by atoms with E-state index in [1.807, 2.05) is 7.05 Å². The van der Waals surface area contributed by atoms with Gasteiger partial charge in [-0.3, -0.25) is 0 Å². The third-order valence-corrected chi connectivity index (χ3v) is 2.47. The van der Waals surface area contributed by atoms with Gasteiger partial charge in [0, 0.05) is 0 Å². The fraction of sp³-hybridized carbons (Fsp3) is 0.538. The molecule has 0 aliphatic carbocycles. The topological polar surface area (TPSA) is 12.0 Å². The van der Waals surface area contributed by atoms with Crippen LogP contribution in [0.1, 0.15) is 30.9 Å². The van der Waals surface area contributed by atoms with Crippen molar-refractivity contribution in [2.75, 3.05) is 13.6 Å². The van der Waals surface area contributed by atoms with Crippen LogP contribution in [-0.2, 0) is 12.8 Å². The smallest absolute Gasteiger partial charge is 0.00114 e. The van der Waals surface area contributed by atoms with E-state index in [0.717, 1.165) is 13.0 Å². The molecular formula is C13H21N. The van der Waals surface area contributed by atoms with Crippen molar-refractivity contribution in [2.45, 2.75) is 32.6 Å². The molecule has 0 aromatic heterocycles. The first kappa shape index (κ1) is 11.3. The molecule has 0 atom stereocenters. The van der Waals surface area contributed by atoms with E-state index in [2.05, 4.69) is 36.5 Å². The fourth-order valence-electron chi connectivity index (χ4n) is 1.59. The van der Waals surface area contributed by atoms with Gasteiger partial charge in [0.1, 0.15) is 0 Å². The zero-order chi connectivity index (χ0) is 10.2. The number of hydrogen-bond acceptors (Lipinski definition) is 1. The molecule has 1 N–H and O–H groups in total. The second kappa shape index (κ2) is 6.61. The summed E-state index contributed by atoms with van der Waals surface area (Å²) in [6, 6.07) is 8.97. The van der Waals surface area contributed by atoms with Gasteiger partial charge >= 0.3 is 0 Å². The molecule has 1 heteroatoms. The number of benzene rings is 1. The summed E-state index contributed by atoms with van der Waals surface area (Å²) in [4.78, 5) is 0. The Balaban J connectivity index is 2.50. The second-order valence-electron chi connectivity index (χ2n) is 3.78. The molecule has 1 aromatic rings. The first-order valence-electron chi connectivity index (χ1n) is 5.59. The van der Waals surface area contributed by atoms with E-state index >= 15 is 0 Å². The molecule has 1 rings (SSSR count). The summed E-state index contributed by atoms with van der Waals surface area (Å²) in [6.07, 6.45) is 4.94. The molecule has 78 valence electrons. The molecule has 0 aliphatic heterocycles. The van der Waals surface area contributed by atoms with Crippen LogP contribution < -0.4 is 5.32 Å². The van der Waals surface area contributed by atoms with Crippen LogP contribution >= 0.6 is 0 Å². The molecule has 0 saturated carbocycles. The first-order valence-corrected chi connectivity index (χ1v) is 5.59. The molecule has 0 saturated heterocycles. The summed E-state index contributed by atoms with van der Waals surface area (Å²) in [5.74, 6) is 0. The molecule has 1 aromatic carbocycles. The lowest BCUT2D eigenvalue weighted by molar-refractivity contribution is 0.780. The van der Waals surface area contributed by atoms with E-state index in [1.165, 1.54) is 30.4 Å². The van der Waals surface area contributed by atoms with Gasteiger partial charge in [-0.25, -0.2) is 0 Å². The quantitative estimate of drug-likeness (QED) is 0.729. The van der Waals surface area contributed by atoms with Crippen molar-refractivity contribution in [1.29, 1.82) is 0 Å². The average Bonchev–Trinajstić information content (AvgIpc) is 2.24. The minimum atomic E-state index is 1.07. The molecule has 1 nitrogen and oxygen atoms in total. The van der Waals surface area contributed by atoms with Crippen molar-refractivity contribution in [2.24, 2.45) is 0 Å². The maximum atomic E-state index is 3.18. The normalized spacial score (nSPS) is 10.4. The lowest BCUT2D eigenvalue weighted by Gasteiger charge is -2.04. The SMILES string of the molecule is CCCCc1cccc(CCNC)c1. The third-order valence-electron chi connectivity index (χ3n) is 2.47. The summed E-state index contributed by atoms with van der Waals surface area (Å²) >= 11 is 0. The summed E-state index contributed by atoms with van der Waals surface area (Å²) in [6.45, 7) is 3.31. The van der Waals surface area contributed by atoms with Gasteiger partial charge in [-0.1, -0.05) is 37.6 Å². The number of unbranched alkanes of at least 4 members (excludes halogenated alkanes) is 1. The Bertz CT molecular complexity index is 232. The Morgan fingerprint density at radius 3 is 2.50 bits per heavy atom. The van der Waals surface area contributed by atoms with Crippen LogP contribution in [0.2, 0.25) is 0 Å². The third kappa shape index (κ3) is 3.93. The Morgan fingerprint density at radius 1 is 1.14 bits per heavy atom. The van der Waals surface area contributed by atoms with Crippen LogP contribution in [0.3, 0.4) is 0 Å². The van der Waals surface area contributed by atoms with Crippen LogP contribution in [-0.4, -0.2) is 13.6 Å². The summed E-state index contributed by atoms with van der Waals surface area (Å²) in [5, 5.41) is 3.18. The molecule has 0 radical (unpaired) electrons. The van der Waals surface area contributed by atoms with Crippen molar-refractivity contribution in [3.8, 4) is 0 Å². The van der Waals surface area contributed by atoms with E-state index in [9.17, 15) is 0 Å². The van der Waals surface area contributed by atoms with Crippen molar-refractivity contribution in [3.05, 3.63) is 35.4 Å². The van der Waals surface area contributed by atoms with E-state index < -0.39 is 0 Å². The zero-order valence-electron chi connectivity index (χ0n) is 9.34. The molecule has 0 bridgehead atoms. The Kier molecular flexibility index (Phi) is 5.31. The van der Waals surface area contributed by atoms with Crippen LogP contribution in [0.25, 0.3) is 0 Å². The highest BCUT2D eigenvalue weighted by molar-refractivity contribution is 5.23. The van der Waals surface area contributed by atoms with Crippen LogP contribution in [0, 0.1) is 0 Å². The highest BCUT2D eigenvalue weighted by Gasteiger charge is 1.95. The van der Waals surface area contributed by atoms with Gasteiger partial charge in [0.2, 0.25) is 0 Å². The molecule has 0 aliphatic rings. The molecule has 0 spiro atoms. The maximum absolute atomic E-state index is 3.18. The van der Waals surface area contributed by atoms with Crippen LogP contribution in [0.15, 0.2) is 24.3 Å². The maximum Gasteiger partial charge on any atom is -0.00114 e. The molecule has 0 amide bonds. The highest BCUT2D eigenvalue weighted by Crippen LogP contribution is 2.08. The lowest BCUT2D eigenvalue weighted by Crippen LogP contribution is -2.10. The Hall–Kier alpha value is -0.820. The standard InChI is InChI=1S/C13H21N/c1-3-4-6-12-7-5-8-13(11-12)9-10-14-2/h5,7-8,11,14H,3-4,6,9-10H2,1-2H3. The first-order chi connectivity index (χ1) is 6.86. The van der Waals surface area contributed by atoms with Gasteiger partial charge in [0.05, 0.1) is 0 Å². The predicted molar refractivity (Wildman–Crippen MR) is 62.7 cm³/mol. The number of aryl methyl sites for hydroxylation is 1. The Labute approximate surface area is 87.5 Å².